The Morgan fingerprint density at radius 3 is 2.70 bits per heavy atom. The first-order valence-corrected chi connectivity index (χ1v) is 7.51. The van der Waals surface area contributed by atoms with Gasteiger partial charge in [-0.3, -0.25) is 15.2 Å². The van der Waals surface area contributed by atoms with E-state index in [0.29, 0.717) is 22.9 Å². The Labute approximate surface area is 120 Å². The topological polar surface area (TPSA) is 54.0 Å². The number of nitrogens with one attached hydrogen (secondary N) is 2. The van der Waals surface area contributed by atoms with Gasteiger partial charge in [-0.05, 0) is 48.1 Å². The van der Waals surface area contributed by atoms with E-state index in [1.165, 1.54) is 6.42 Å². The number of hydrogen-bond acceptors (Lipinski definition) is 3. The molecule has 0 bridgehead atoms. The van der Waals surface area contributed by atoms with Gasteiger partial charge in [-0.15, -0.1) is 0 Å². The van der Waals surface area contributed by atoms with Crippen LogP contribution >= 0.6 is 0 Å². The highest BCUT2D eigenvalue weighted by Gasteiger charge is 2.66. The van der Waals surface area contributed by atoms with Crippen LogP contribution in [0.2, 0.25) is 0 Å². The number of carbonyl (C=O) groups is 1. The number of nitrogens with zero attached hydrogens (tertiary/aromatic N) is 1. The molecule has 1 heterocycles. The molecule has 4 heteroatoms. The van der Waals surface area contributed by atoms with E-state index in [4.69, 9.17) is 0 Å². The average molecular weight is 273 g/mol. The lowest BCUT2D eigenvalue weighted by Crippen LogP contribution is -2.48. The van der Waals surface area contributed by atoms with Crippen molar-refractivity contribution in [3.8, 4) is 0 Å². The fourth-order valence-corrected chi connectivity index (χ4v) is 4.20. The first-order valence-electron chi connectivity index (χ1n) is 7.51. The van der Waals surface area contributed by atoms with Gasteiger partial charge >= 0.3 is 0 Å². The predicted octanol–water partition coefficient (Wildman–Crippen LogP) is 2.39. The fourth-order valence-electron chi connectivity index (χ4n) is 4.20. The van der Waals surface area contributed by atoms with Crippen LogP contribution in [0.5, 0.6) is 0 Å². The van der Waals surface area contributed by atoms with Gasteiger partial charge in [0.05, 0.1) is 0 Å². The summed E-state index contributed by atoms with van der Waals surface area (Å²) in [5, 5.41) is 0. The van der Waals surface area contributed by atoms with E-state index >= 15 is 0 Å². The molecule has 2 saturated carbocycles. The number of aromatic nitrogens is 1. The van der Waals surface area contributed by atoms with Gasteiger partial charge in [0.25, 0.3) is 5.91 Å². The molecule has 2 fully saturated rings. The molecular weight excluding hydrogens is 250 g/mol. The molecule has 0 aliphatic heterocycles. The molecule has 0 aromatic carbocycles. The third-order valence-electron chi connectivity index (χ3n) is 5.42. The van der Waals surface area contributed by atoms with Crippen molar-refractivity contribution in [1.29, 1.82) is 0 Å². The predicted molar refractivity (Wildman–Crippen MR) is 77.8 cm³/mol. The van der Waals surface area contributed by atoms with Crippen LogP contribution in [0.3, 0.4) is 0 Å². The smallest absolute Gasteiger partial charge is 0.265 e. The van der Waals surface area contributed by atoms with Gasteiger partial charge in [0.1, 0.15) is 0 Å². The Bertz CT molecular complexity index is 502. The number of pyridine rings is 1. The molecule has 0 saturated heterocycles. The highest BCUT2D eigenvalue weighted by Crippen LogP contribution is 2.69. The van der Waals surface area contributed by atoms with E-state index in [1.807, 2.05) is 0 Å². The molecule has 1 amide bonds. The Hall–Kier alpha value is -1.42. The van der Waals surface area contributed by atoms with Crippen LogP contribution in [-0.2, 0) is 0 Å². The second-order valence-electron chi connectivity index (χ2n) is 6.68. The van der Waals surface area contributed by atoms with Crippen molar-refractivity contribution in [2.45, 2.75) is 39.7 Å². The van der Waals surface area contributed by atoms with E-state index in [-0.39, 0.29) is 5.91 Å². The van der Waals surface area contributed by atoms with Gasteiger partial charge in [-0.25, -0.2) is 5.43 Å². The first-order chi connectivity index (χ1) is 9.55. The highest BCUT2D eigenvalue weighted by atomic mass is 16.2. The minimum absolute atomic E-state index is 0.0805. The third kappa shape index (κ3) is 2.03. The zero-order chi connectivity index (χ0) is 14.3. The molecule has 3 rings (SSSR count). The van der Waals surface area contributed by atoms with E-state index in [1.54, 1.807) is 24.5 Å². The van der Waals surface area contributed by atoms with Crippen LogP contribution < -0.4 is 10.9 Å². The van der Waals surface area contributed by atoms with Crippen molar-refractivity contribution in [3.63, 3.8) is 0 Å². The first kappa shape index (κ1) is 13.6. The van der Waals surface area contributed by atoms with Gasteiger partial charge in [-0.1, -0.05) is 20.8 Å². The van der Waals surface area contributed by atoms with E-state index in [2.05, 4.69) is 36.6 Å². The molecule has 4 atom stereocenters. The lowest BCUT2D eigenvalue weighted by atomic mass is 9.86. The standard InChI is InChI=1S/C16H23N3O/c1-10(2)16-9-13(16)11(3)8-14(16)18-19-15(20)12-4-6-17-7-5-12/h4-7,10-11,13-14,18H,8-9H2,1-3H3,(H,19,20). The summed E-state index contributed by atoms with van der Waals surface area (Å²) >= 11 is 0. The van der Waals surface area contributed by atoms with Crippen molar-refractivity contribution >= 4 is 5.91 Å². The quantitative estimate of drug-likeness (QED) is 0.828. The maximum atomic E-state index is 12.1. The SMILES string of the molecule is CC1CC(NNC(=O)c2ccncc2)C2(C(C)C)CC12. The summed E-state index contributed by atoms with van der Waals surface area (Å²) in [6, 6.07) is 3.85. The molecule has 2 aliphatic rings. The van der Waals surface area contributed by atoms with Gasteiger partial charge in [0.2, 0.25) is 0 Å². The monoisotopic (exact) mass is 273 g/mol. The van der Waals surface area contributed by atoms with Crippen LogP contribution in [0, 0.1) is 23.2 Å². The Morgan fingerprint density at radius 1 is 1.40 bits per heavy atom. The van der Waals surface area contributed by atoms with E-state index in [9.17, 15) is 4.79 Å². The summed E-state index contributed by atoms with van der Waals surface area (Å²) in [6.07, 6.45) is 5.73. The number of hydrogen-bond donors (Lipinski definition) is 2. The Kier molecular flexibility index (Phi) is 3.28. The second-order valence-corrected chi connectivity index (χ2v) is 6.68. The van der Waals surface area contributed by atoms with Crippen LogP contribution in [0.15, 0.2) is 24.5 Å². The minimum Gasteiger partial charge on any atom is -0.287 e. The van der Waals surface area contributed by atoms with Gasteiger partial charge < -0.3 is 0 Å². The third-order valence-corrected chi connectivity index (χ3v) is 5.42. The largest absolute Gasteiger partial charge is 0.287 e. The van der Waals surface area contributed by atoms with E-state index < -0.39 is 0 Å². The number of hydrazine groups is 1. The van der Waals surface area contributed by atoms with Crippen molar-refractivity contribution in [3.05, 3.63) is 30.1 Å². The summed E-state index contributed by atoms with van der Waals surface area (Å²) in [4.78, 5) is 16.0. The number of carbonyl (C=O) groups excluding carboxylic acids is 1. The normalized spacial score (nSPS) is 34.9. The van der Waals surface area contributed by atoms with Gasteiger partial charge in [0, 0.05) is 24.0 Å². The van der Waals surface area contributed by atoms with Crippen LogP contribution in [0.25, 0.3) is 0 Å². The summed E-state index contributed by atoms with van der Waals surface area (Å²) in [5.41, 5.74) is 7.22. The molecular formula is C16H23N3O. The molecule has 0 radical (unpaired) electrons. The van der Waals surface area contributed by atoms with Crippen LogP contribution in [0.1, 0.15) is 44.0 Å². The van der Waals surface area contributed by atoms with Crippen LogP contribution in [0.4, 0.5) is 0 Å². The lowest BCUT2D eigenvalue weighted by Gasteiger charge is -2.28. The summed E-state index contributed by atoms with van der Waals surface area (Å²) < 4.78 is 0. The molecule has 2 aliphatic carbocycles. The molecule has 1 aromatic rings. The lowest BCUT2D eigenvalue weighted by molar-refractivity contribution is 0.0909. The van der Waals surface area contributed by atoms with Crippen molar-refractivity contribution in [2.75, 3.05) is 0 Å². The zero-order valence-corrected chi connectivity index (χ0v) is 12.4. The highest BCUT2D eigenvalue weighted by molar-refractivity contribution is 5.93. The summed E-state index contributed by atoms with van der Waals surface area (Å²) in [6.45, 7) is 6.94. The minimum atomic E-state index is -0.0805. The number of amides is 1. The average Bonchev–Trinajstić information content (AvgIpc) is 3.15. The maximum absolute atomic E-state index is 12.1. The zero-order valence-electron chi connectivity index (χ0n) is 12.4. The van der Waals surface area contributed by atoms with E-state index in [0.717, 1.165) is 18.3 Å². The molecule has 4 nitrogen and oxygen atoms in total. The van der Waals surface area contributed by atoms with Crippen LogP contribution in [-0.4, -0.2) is 16.9 Å². The molecule has 2 N–H and O–H groups in total. The fraction of sp³-hybridized carbons (Fsp3) is 0.625. The number of rotatable bonds is 4. The molecule has 1 aromatic heterocycles. The number of fused-ring (bicyclic) bond motifs is 1. The van der Waals surface area contributed by atoms with Crippen molar-refractivity contribution in [1.82, 2.24) is 15.8 Å². The van der Waals surface area contributed by atoms with Gasteiger partial charge in [-0.2, -0.15) is 0 Å². The Morgan fingerprint density at radius 2 is 2.10 bits per heavy atom. The van der Waals surface area contributed by atoms with Crippen molar-refractivity contribution in [2.24, 2.45) is 23.2 Å². The molecule has 20 heavy (non-hydrogen) atoms. The molecule has 108 valence electrons. The Balaban J connectivity index is 1.63. The maximum Gasteiger partial charge on any atom is 0.265 e. The van der Waals surface area contributed by atoms with Crippen molar-refractivity contribution < 1.29 is 4.79 Å². The molecule has 4 unspecified atom stereocenters. The van der Waals surface area contributed by atoms with Gasteiger partial charge in [0.15, 0.2) is 0 Å². The second kappa shape index (κ2) is 4.85. The summed E-state index contributed by atoms with van der Waals surface area (Å²) in [5.74, 6) is 2.17. The molecule has 0 spiro atoms. The summed E-state index contributed by atoms with van der Waals surface area (Å²) in [7, 11) is 0.